The molecule has 3 rings (SSSR count). The molecule has 0 fully saturated rings. The van der Waals surface area contributed by atoms with Gasteiger partial charge in [0.05, 0.1) is 17.1 Å². The number of benzene rings is 2. The van der Waals surface area contributed by atoms with E-state index < -0.39 is 6.10 Å². The lowest BCUT2D eigenvalue weighted by molar-refractivity contribution is -0.128. The highest BCUT2D eigenvalue weighted by molar-refractivity contribution is 7.98. The molecule has 1 amide bonds. The van der Waals surface area contributed by atoms with Gasteiger partial charge in [0.15, 0.2) is 6.10 Å². The summed E-state index contributed by atoms with van der Waals surface area (Å²) in [5.41, 5.74) is 2.74. The van der Waals surface area contributed by atoms with Crippen molar-refractivity contribution in [3.05, 3.63) is 58.9 Å². The van der Waals surface area contributed by atoms with Crippen LogP contribution in [-0.2, 0) is 4.79 Å². The van der Waals surface area contributed by atoms with Gasteiger partial charge in [0, 0.05) is 5.02 Å². The number of aromatic nitrogens is 2. The van der Waals surface area contributed by atoms with Crippen LogP contribution in [0.2, 0.25) is 5.02 Å². The summed E-state index contributed by atoms with van der Waals surface area (Å²) in [6, 6.07) is 13.0. The Kier molecular flexibility index (Phi) is 6.86. The minimum absolute atomic E-state index is 0.180. The lowest BCUT2D eigenvalue weighted by atomic mass is 10.2. The number of thioether (sulfide) groups is 1. The maximum atomic E-state index is 12.8. The van der Waals surface area contributed by atoms with Gasteiger partial charge in [0.25, 0.3) is 5.91 Å². The monoisotopic (exact) mass is 417 g/mol. The minimum atomic E-state index is -0.638. The standard InChI is InChI=1S/C21H24ClN3O2S/c1-13-12-15(22)8-9-19(13)27-14(2)21(26)25-18(10-11-28-3)20-23-16-6-4-5-7-17(16)24-20/h4-9,12,14,18H,10-11H2,1-3H3,(H,23,24)(H,25,26)/t14?,18-/m0/s1. The van der Waals surface area contributed by atoms with Crippen molar-refractivity contribution >= 4 is 40.3 Å². The summed E-state index contributed by atoms with van der Waals surface area (Å²) in [6.45, 7) is 3.65. The lowest BCUT2D eigenvalue weighted by Gasteiger charge is -2.21. The third kappa shape index (κ3) is 5.00. The van der Waals surface area contributed by atoms with Crippen LogP contribution in [0, 0.1) is 6.92 Å². The lowest BCUT2D eigenvalue weighted by Crippen LogP contribution is -2.39. The van der Waals surface area contributed by atoms with Crippen molar-refractivity contribution in [2.24, 2.45) is 0 Å². The molecule has 1 aromatic heterocycles. The van der Waals surface area contributed by atoms with Crippen molar-refractivity contribution < 1.29 is 9.53 Å². The van der Waals surface area contributed by atoms with Crippen LogP contribution in [0.25, 0.3) is 11.0 Å². The molecule has 2 atom stereocenters. The Labute approximate surface area is 174 Å². The molecule has 0 aliphatic carbocycles. The average molecular weight is 418 g/mol. The Morgan fingerprint density at radius 1 is 1.32 bits per heavy atom. The maximum absolute atomic E-state index is 12.8. The van der Waals surface area contributed by atoms with Crippen LogP contribution in [0.5, 0.6) is 5.75 Å². The molecule has 1 heterocycles. The molecular formula is C21H24ClN3O2S. The predicted octanol–water partition coefficient (Wildman–Crippen LogP) is 4.90. The molecule has 28 heavy (non-hydrogen) atoms. The van der Waals surface area contributed by atoms with Crippen LogP contribution < -0.4 is 10.1 Å². The topological polar surface area (TPSA) is 67.0 Å². The Balaban J connectivity index is 1.73. The fourth-order valence-electron chi connectivity index (χ4n) is 2.93. The highest BCUT2D eigenvalue weighted by atomic mass is 35.5. The number of carbonyl (C=O) groups is 1. The first-order valence-electron chi connectivity index (χ1n) is 9.14. The van der Waals surface area contributed by atoms with Crippen molar-refractivity contribution in [1.29, 1.82) is 0 Å². The van der Waals surface area contributed by atoms with E-state index >= 15 is 0 Å². The van der Waals surface area contributed by atoms with Gasteiger partial charge in [-0.2, -0.15) is 11.8 Å². The number of amides is 1. The SMILES string of the molecule is CSCC[C@H](NC(=O)C(C)Oc1ccc(Cl)cc1C)c1nc2ccccc2[nH]1. The number of rotatable bonds is 8. The summed E-state index contributed by atoms with van der Waals surface area (Å²) in [7, 11) is 0. The highest BCUT2D eigenvalue weighted by Gasteiger charge is 2.23. The zero-order valence-corrected chi connectivity index (χ0v) is 17.7. The van der Waals surface area contributed by atoms with Gasteiger partial charge in [-0.15, -0.1) is 0 Å². The van der Waals surface area contributed by atoms with E-state index in [1.807, 2.05) is 43.5 Å². The number of hydrogen-bond acceptors (Lipinski definition) is 4. The van der Waals surface area contributed by atoms with Gasteiger partial charge < -0.3 is 15.0 Å². The molecule has 2 N–H and O–H groups in total. The van der Waals surface area contributed by atoms with Crippen LogP contribution >= 0.6 is 23.4 Å². The van der Waals surface area contributed by atoms with E-state index in [0.717, 1.165) is 34.6 Å². The summed E-state index contributed by atoms with van der Waals surface area (Å²) < 4.78 is 5.86. The molecule has 0 saturated carbocycles. The second-order valence-corrected chi connectivity index (χ2v) is 8.07. The van der Waals surface area contributed by atoms with E-state index in [2.05, 4.69) is 15.3 Å². The molecule has 0 saturated heterocycles. The number of para-hydroxylation sites is 2. The Bertz CT molecular complexity index is 927. The molecule has 2 aromatic carbocycles. The second-order valence-electron chi connectivity index (χ2n) is 6.65. The normalized spacial score (nSPS) is 13.3. The zero-order valence-electron chi connectivity index (χ0n) is 16.2. The van der Waals surface area contributed by atoms with Gasteiger partial charge in [-0.3, -0.25) is 4.79 Å². The number of hydrogen-bond donors (Lipinski definition) is 2. The fourth-order valence-corrected chi connectivity index (χ4v) is 3.63. The van der Waals surface area contributed by atoms with E-state index in [9.17, 15) is 4.79 Å². The van der Waals surface area contributed by atoms with Gasteiger partial charge in [-0.1, -0.05) is 23.7 Å². The van der Waals surface area contributed by atoms with Crippen LogP contribution in [-0.4, -0.2) is 34.0 Å². The third-order valence-corrected chi connectivity index (χ3v) is 5.35. The van der Waals surface area contributed by atoms with Crippen molar-refractivity contribution in [1.82, 2.24) is 15.3 Å². The molecule has 7 heteroatoms. The molecule has 0 spiro atoms. The quantitative estimate of drug-likeness (QED) is 0.546. The smallest absolute Gasteiger partial charge is 0.261 e. The summed E-state index contributed by atoms with van der Waals surface area (Å²) in [5.74, 6) is 2.14. The molecule has 0 radical (unpaired) electrons. The number of imidazole rings is 1. The predicted molar refractivity (Wildman–Crippen MR) is 116 cm³/mol. The average Bonchev–Trinajstić information content (AvgIpc) is 3.11. The number of aromatic amines is 1. The molecule has 0 aliphatic heterocycles. The molecule has 0 aliphatic rings. The number of carbonyl (C=O) groups excluding carboxylic acids is 1. The van der Waals surface area contributed by atoms with Gasteiger partial charge >= 0.3 is 0 Å². The first-order chi connectivity index (χ1) is 13.5. The molecule has 1 unspecified atom stereocenters. The second kappa shape index (κ2) is 9.34. The number of H-pyrrole nitrogens is 1. The van der Waals surface area contributed by atoms with E-state index in [1.165, 1.54) is 0 Å². The molecule has 3 aromatic rings. The van der Waals surface area contributed by atoms with Crippen molar-refractivity contribution in [2.75, 3.05) is 12.0 Å². The van der Waals surface area contributed by atoms with Gasteiger partial charge in [-0.05, 0) is 68.2 Å². The zero-order chi connectivity index (χ0) is 20.1. The van der Waals surface area contributed by atoms with Crippen molar-refractivity contribution in [3.63, 3.8) is 0 Å². The highest BCUT2D eigenvalue weighted by Crippen LogP contribution is 2.24. The van der Waals surface area contributed by atoms with E-state index in [-0.39, 0.29) is 11.9 Å². The van der Waals surface area contributed by atoms with Gasteiger partial charge in [0.2, 0.25) is 0 Å². The summed E-state index contributed by atoms with van der Waals surface area (Å²) in [4.78, 5) is 20.8. The summed E-state index contributed by atoms with van der Waals surface area (Å²) >= 11 is 7.72. The maximum Gasteiger partial charge on any atom is 0.261 e. The minimum Gasteiger partial charge on any atom is -0.481 e. The number of aryl methyl sites for hydroxylation is 1. The number of fused-ring (bicyclic) bond motifs is 1. The van der Waals surface area contributed by atoms with Crippen LogP contribution in [0.15, 0.2) is 42.5 Å². The van der Waals surface area contributed by atoms with Crippen molar-refractivity contribution in [2.45, 2.75) is 32.4 Å². The van der Waals surface area contributed by atoms with E-state index in [0.29, 0.717) is 10.8 Å². The number of ether oxygens (including phenoxy) is 1. The third-order valence-electron chi connectivity index (χ3n) is 4.47. The fraction of sp³-hybridized carbons (Fsp3) is 0.333. The number of halogens is 1. The molecule has 5 nitrogen and oxygen atoms in total. The summed E-state index contributed by atoms with van der Waals surface area (Å²) in [5, 5.41) is 3.73. The van der Waals surface area contributed by atoms with Crippen LogP contribution in [0.3, 0.4) is 0 Å². The summed E-state index contributed by atoms with van der Waals surface area (Å²) in [6.07, 6.45) is 2.19. The number of nitrogens with one attached hydrogen (secondary N) is 2. The first kappa shape index (κ1) is 20.6. The van der Waals surface area contributed by atoms with Crippen LogP contribution in [0.1, 0.15) is 30.8 Å². The molecule has 148 valence electrons. The van der Waals surface area contributed by atoms with Gasteiger partial charge in [0.1, 0.15) is 11.6 Å². The van der Waals surface area contributed by atoms with Crippen LogP contribution in [0.4, 0.5) is 0 Å². The molecular weight excluding hydrogens is 394 g/mol. The Morgan fingerprint density at radius 2 is 2.11 bits per heavy atom. The molecule has 0 bridgehead atoms. The van der Waals surface area contributed by atoms with Gasteiger partial charge in [-0.25, -0.2) is 4.98 Å². The largest absolute Gasteiger partial charge is 0.481 e. The number of nitrogens with zero attached hydrogens (tertiary/aromatic N) is 1. The Morgan fingerprint density at radius 3 is 2.82 bits per heavy atom. The van der Waals surface area contributed by atoms with E-state index in [4.69, 9.17) is 16.3 Å². The first-order valence-corrected chi connectivity index (χ1v) is 10.9. The Hall–Kier alpha value is -2.18. The van der Waals surface area contributed by atoms with Crippen molar-refractivity contribution in [3.8, 4) is 5.75 Å². The van der Waals surface area contributed by atoms with E-state index in [1.54, 1.807) is 30.8 Å².